The van der Waals surface area contributed by atoms with Gasteiger partial charge in [-0.05, 0) is 40.3 Å². The monoisotopic (exact) mass is 457 g/mol. The predicted molar refractivity (Wildman–Crippen MR) is 116 cm³/mol. The van der Waals surface area contributed by atoms with Gasteiger partial charge < -0.3 is 15.2 Å². The number of rotatable bonds is 6. The van der Waals surface area contributed by atoms with Crippen LogP contribution in [-0.2, 0) is 22.2 Å². The van der Waals surface area contributed by atoms with Crippen LogP contribution in [0, 0.1) is 10.1 Å². The third-order valence-corrected chi connectivity index (χ3v) is 6.60. The third kappa shape index (κ3) is 4.02. The van der Waals surface area contributed by atoms with Crippen LogP contribution in [0.25, 0.3) is 16.8 Å². The number of hydrogen-bond donors (Lipinski definition) is 1. The summed E-state index contributed by atoms with van der Waals surface area (Å²) in [7, 11) is -3.86. The molecule has 0 aliphatic heterocycles. The van der Waals surface area contributed by atoms with E-state index in [1.54, 1.807) is 48.5 Å². The van der Waals surface area contributed by atoms with Gasteiger partial charge in [0.05, 0.1) is 22.1 Å². The topological polar surface area (TPSA) is 115 Å². The Morgan fingerprint density at radius 3 is 2.52 bits per heavy atom. The summed E-state index contributed by atoms with van der Waals surface area (Å²) in [4.78, 5) is 15.6. The van der Waals surface area contributed by atoms with E-state index < -0.39 is 26.3 Å². The number of pyridine rings is 1. The number of fused-ring (bicyclic) bond motifs is 1. The van der Waals surface area contributed by atoms with Gasteiger partial charge in [-0.2, -0.15) is 4.40 Å². The van der Waals surface area contributed by atoms with Gasteiger partial charge in [0.25, 0.3) is 0 Å². The Morgan fingerprint density at radius 1 is 1.10 bits per heavy atom. The number of aliphatic hydroxyl groups excluding tert-OH is 1. The second kappa shape index (κ2) is 8.10. The Balaban J connectivity index is 1.93. The second-order valence-corrected chi connectivity index (χ2v) is 9.26. The first-order chi connectivity index (χ1) is 14.8. The number of nitrogens with zero attached hydrogens (tertiary/aromatic N) is 3. The normalized spacial score (nSPS) is 11.7. The Hall–Kier alpha value is -3.27. The van der Waals surface area contributed by atoms with Crippen LogP contribution < -0.4 is 0 Å². The number of benzene rings is 2. The van der Waals surface area contributed by atoms with E-state index in [-0.39, 0.29) is 27.9 Å². The van der Waals surface area contributed by atoms with Crippen molar-refractivity contribution in [2.24, 2.45) is 0 Å². The molecule has 0 aliphatic rings. The fourth-order valence-electron chi connectivity index (χ4n) is 3.38. The van der Waals surface area contributed by atoms with Gasteiger partial charge in [0, 0.05) is 0 Å². The van der Waals surface area contributed by atoms with E-state index in [1.165, 1.54) is 22.7 Å². The summed E-state index contributed by atoms with van der Waals surface area (Å²) >= 11 is 6.22. The van der Waals surface area contributed by atoms with Crippen molar-refractivity contribution in [3.8, 4) is 11.1 Å². The highest BCUT2D eigenvalue weighted by molar-refractivity contribution is 7.90. The standard InChI is InChI=1S/C21H16ClN3O5S/c22-16-10-18(15-6-4-5-14(9-15)12-26)20-23-19(21(25(27)28)24(20)11-16)13-31(29,30)17-7-2-1-3-8-17/h1-11,26H,12-13H2. The molecular weight excluding hydrogens is 442 g/mol. The molecule has 4 rings (SSSR count). The van der Waals surface area contributed by atoms with Crippen molar-refractivity contribution in [3.63, 3.8) is 0 Å². The lowest BCUT2D eigenvalue weighted by molar-refractivity contribution is -0.391. The van der Waals surface area contributed by atoms with Crippen LogP contribution in [-0.4, -0.2) is 27.8 Å². The highest BCUT2D eigenvalue weighted by Crippen LogP contribution is 2.33. The van der Waals surface area contributed by atoms with E-state index in [0.29, 0.717) is 16.7 Å². The molecular formula is C21H16ClN3O5S. The Morgan fingerprint density at radius 2 is 1.84 bits per heavy atom. The fourth-order valence-corrected chi connectivity index (χ4v) is 4.88. The second-order valence-electron chi connectivity index (χ2n) is 6.84. The lowest BCUT2D eigenvalue weighted by atomic mass is 10.0. The average molecular weight is 458 g/mol. The summed E-state index contributed by atoms with van der Waals surface area (Å²) < 4.78 is 26.9. The molecule has 2 aromatic carbocycles. The molecule has 0 spiro atoms. The summed E-state index contributed by atoms with van der Waals surface area (Å²) in [5.41, 5.74) is 1.77. The summed E-state index contributed by atoms with van der Waals surface area (Å²) in [5.74, 6) is -1.10. The Bertz CT molecular complexity index is 1400. The number of hydrogen-bond acceptors (Lipinski definition) is 6. The maximum atomic E-state index is 12.8. The van der Waals surface area contributed by atoms with Gasteiger partial charge in [-0.15, -0.1) is 0 Å². The minimum Gasteiger partial charge on any atom is -0.392 e. The van der Waals surface area contributed by atoms with Crippen LogP contribution >= 0.6 is 11.6 Å². The van der Waals surface area contributed by atoms with Gasteiger partial charge >= 0.3 is 5.82 Å². The van der Waals surface area contributed by atoms with Crippen molar-refractivity contribution in [1.29, 1.82) is 0 Å². The first-order valence-corrected chi connectivity index (χ1v) is 11.2. The van der Waals surface area contributed by atoms with Crippen molar-refractivity contribution >= 4 is 32.9 Å². The summed E-state index contributed by atoms with van der Waals surface area (Å²) in [6.45, 7) is -0.181. The first-order valence-electron chi connectivity index (χ1n) is 9.13. The number of nitro groups is 1. The molecule has 1 N–H and O–H groups in total. The van der Waals surface area contributed by atoms with Gasteiger partial charge in [-0.3, -0.25) is 0 Å². The molecule has 0 aliphatic carbocycles. The Labute approximate surface area is 182 Å². The molecule has 2 heterocycles. The zero-order chi connectivity index (χ0) is 22.2. The van der Waals surface area contributed by atoms with Crippen molar-refractivity contribution < 1.29 is 18.4 Å². The quantitative estimate of drug-likeness (QED) is 0.345. The van der Waals surface area contributed by atoms with Crippen LogP contribution in [0.5, 0.6) is 0 Å². The highest BCUT2D eigenvalue weighted by Gasteiger charge is 2.29. The van der Waals surface area contributed by atoms with Gasteiger partial charge in [-0.1, -0.05) is 48.0 Å². The molecule has 0 amide bonds. The van der Waals surface area contributed by atoms with Crippen molar-refractivity contribution in [1.82, 2.24) is 9.38 Å². The van der Waals surface area contributed by atoms with E-state index in [4.69, 9.17) is 11.6 Å². The van der Waals surface area contributed by atoms with Crippen LogP contribution in [0.1, 0.15) is 11.3 Å². The van der Waals surface area contributed by atoms with Gasteiger partial charge in [0.15, 0.2) is 15.5 Å². The third-order valence-electron chi connectivity index (χ3n) is 4.75. The smallest absolute Gasteiger partial charge is 0.352 e. The van der Waals surface area contributed by atoms with Crippen LogP contribution in [0.2, 0.25) is 5.02 Å². The maximum Gasteiger partial charge on any atom is 0.352 e. The van der Waals surface area contributed by atoms with E-state index in [1.807, 2.05) is 0 Å². The van der Waals surface area contributed by atoms with Crippen LogP contribution in [0.3, 0.4) is 0 Å². The van der Waals surface area contributed by atoms with E-state index in [2.05, 4.69) is 4.98 Å². The van der Waals surface area contributed by atoms with Crippen LogP contribution in [0.15, 0.2) is 71.8 Å². The molecule has 0 saturated heterocycles. The molecule has 0 radical (unpaired) electrons. The van der Waals surface area contributed by atoms with Crippen molar-refractivity contribution in [2.75, 3.05) is 0 Å². The highest BCUT2D eigenvalue weighted by atomic mass is 35.5. The van der Waals surface area contributed by atoms with Crippen molar-refractivity contribution in [2.45, 2.75) is 17.3 Å². The van der Waals surface area contributed by atoms with E-state index >= 15 is 0 Å². The number of sulfone groups is 1. The number of aromatic nitrogens is 2. The molecule has 0 fully saturated rings. The number of aliphatic hydroxyl groups is 1. The lowest BCUT2D eigenvalue weighted by Crippen LogP contribution is -2.07. The van der Waals surface area contributed by atoms with E-state index in [0.717, 1.165) is 0 Å². The van der Waals surface area contributed by atoms with Gasteiger partial charge in [0.1, 0.15) is 11.9 Å². The molecule has 0 saturated carbocycles. The molecule has 31 heavy (non-hydrogen) atoms. The van der Waals surface area contributed by atoms with Gasteiger partial charge in [0.2, 0.25) is 5.65 Å². The molecule has 2 aromatic heterocycles. The summed E-state index contributed by atoms with van der Waals surface area (Å²) in [6.07, 6.45) is 1.33. The predicted octanol–water partition coefficient (Wildman–Crippen LogP) is 4.03. The molecule has 10 heteroatoms. The zero-order valence-corrected chi connectivity index (χ0v) is 17.5. The largest absolute Gasteiger partial charge is 0.392 e. The molecule has 158 valence electrons. The molecule has 0 unspecified atom stereocenters. The zero-order valence-electron chi connectivity index (χ0n) is 16.0. The Kier molecular flexibility index (Phi) is 5.48. The fraction of sp³-hybridized carbons (Fsp3) is 0.0952. The number of imidazole rings is 1. The SMILES string of the molecule is O=[N+]([O-])c1c(CS(=O)(=O)c2ccccc2)nc2c(-c3cccc(CO)c3)cc(Cl)cn12. The molecule has 0 atom stereocenters. The molecule has 0 bridgehead atoms. The van der Waals surface area contributed by atoms with Gasteiger partial charge in [-0.25, -0.2) is 13.4 Å². The van der Waals surface area contributed by atoms with Crippen LogP contribution in [0.4, 0.5) is 5.82 Å². The molecule has 8 nitrogen and oxygen atoms in total. The average Bonchev–Trinajstić information content (AvgIpc) is 3.10. The minimum absolute atomic E-state index is 0.0512. The number of halogens is 1. The first kappa shape index (κ1) is 21.0. The summed E-state index contributed by atoms with van der Waals surface area (Å²) in [5, 5.41) is 21.5. The lowest BCUT2D eigenvalue weighted by Gasteiger charge is -2.05. The summed E-state index contributed by atoms with van der Waals surface area (Å²) in [6, 6.07) is 16.2. The van der Waals surface area contributed by atoms with E-state index in [9.17, 15) is 23.6 Å². The minimum atomic E-state index is -3.86. The maximum absolute atomic E-state index is 12.8. The molecule has 4 aromatic rings. The van der Waals surface area contributed by atoms with Crippen molar-refractivity contribution in [3.05, 3.63) is 93.3 Å².